The molecule has 2 heterocycles. The highest BCUT2D eigenvalue weighted by Gasteiger charge is 2.43. The fourth-order valence-electron chi connectivity index (χ4n) is 2.39. The Bertz CT molecular complexity index is 569. The van der Waals surface area contributed by atoms with Crippen LogP contribution in [0.2, 0.25) is 0 Å². The van der Waals surface area contributed by atoms with E-state index in [9.17, 15) is 0 Å². The Morgan fingerprint density at radius 1 is 1.44 bits per heavy atom. The molecule has 0 radical (unpaired) electrons. The lowest BCUT2D eigenvalue weighted by atomic mass is 9.76. The van der Waals surface area contributed by atoms with Gasteiger partial charge in [-0.1, -0.05) is 6.07 Å². The standard InChI is InChI=1S/C13H17N3O2/c1-8-16-10-3-2-9(4-11(10)18-8)12(15)13(5-14)6-17-7-13/h2-4,12H,5-7,14-15H2,1H3. The molecule has 0 spiro atoms. The predicted molar refractivity (Wildman–Crippen MR) is 68.0 cm³/mol. The summed E-state index contributed by atoms with van der Waals surface area (Å²) in [6.07, 6.45) is 0. The van der Waals surface area contributed by atoms with Crippen LogP contribution < -0.4 is 11.5 Å². The third-order valence-electron chi connectivity index (χ3n) is 3.72. The molecule has 96 valence electrons. The van der Waals surface area contributed by atoms with E-state index in [1.165, 1.54) is 0 Å². The van der Waals surface area contributed by atoms with Crippen molar-refractivity contribution in [2.45, 2.75) is 13.0 Å². The molecule has 1 saturated heterocycles. The predicted octanol–water partition coefficient (Wildman–Crippen LogP) is 1.11. The van der Waals surface area contributed by atoms with Crippen LogP contribution in [0.5, 0.6) is 0 Å². The Kier molecular flexibility index (Phi) is 2.62. The molecule has 2 aromatic rings. The van der Waals surface area contributed by atoms with Gasteiger partial charge in [0.25, 0.3) is 0 Å². The minimum absolute atomic E-state index is 0.133. The maximum Gasteiger partial charge on any atom is 0.192 e. The lowest BCUT2D eigenvalue weighted by Gasteiger charge is -2.45. The van der Waals surface area contributed by atoms with Gasteiger partial charge in [0, 0.05) is 24.9 Å². The molecule has 5 heteroatoms. The second kappa shape index (κ2) is 4.05. The van der Waals surface area contributed by atoms with Crippen molar-refractivity contribution in [3.8, 4) is 0 Å². The smallest absolute Gasteiger partial charge is 0.192 e. The summed E-state index contributed by atoms with van der Waals surface area (Å²) >= 11 is 0. The molecule has 3 rings (SSSR count). The number of aryl methyl sites for hydroxylation is 1. The van der Waals surface area contributed by atoms with Crippen LogP contribution in [-0.4, -0.2) is 24.7 Å². The third-order valence-corrected chi connectivity index (χ3v) is 3.72. The van der Waals surface area contributed by atoms with E-state index in [-0.39, 0.29) is 11.5 Å². The van der Waals surface area contributed by atoms with Crippen LogP contribution in [0.4, 0.5) is 0 Å². The fourth-order valence-corrected chi connectivity index (χ4v) is 2.39. The van der Waals surface area contributed by atoms with E-state index in [2.05, 4.69) is 4.98 Å². The maximum absolute atomic E-state index is 6.32. The second-order valence-corrected chi connectivity index (χ2v) is 5.00. The first-order valence-electron chi connectivity index (χ1n) is 6.05. The SMILES string of the molecule is Cc1nc2ccc(C(N)C3(CN)COC3)cc2o1. The molecule has 1 aromatic carbocycles. The summed E-state index contributed by atoms with van der Waals surface area (Å²) in [6.45, 7) is 3.61. The number of nitrogens with zero attached hydrogens (tertiary/aromatic N) is 1. The Hall–Kier alpha value is -1.43. The fraction of sp³-hybridized carbons (Fsp3) is 0.462. The first kappa shape index (κ1) is 11.6. The lowest BCUT2D eigenvalue weighted by Crippen LogP contribution is -2.54. The monoisotopic (exact) mass is 247 g/mol. The number of aromatic nitrogens is 1. The summed E-state index contributed by atoms with van der Waals surface area (Å²) in [5.41, 5.74) is 14.7. The van der Waals surface area contributed by atoms with E-state index < -0.39 is 0 Å². The number of oxazole rings is 1. The van der Waals surface area contributed by atoms with Crippen molar-refractivity contribution in [1.29, 1.82) is 0 Å². The van der Waals surface area contributed by atoms with Gasteiger partial charge in [-0.15, -0.1) is 0 Å². The van der Waals surface area contributed by atoms with Gasteiger partial charge >= 0.3 is 0 Å². The Morgan fingerprint density at radius 2 is 2.22 bits per heavy atom. The molecule has 1 aliphatic heterocycles. The van der Waals surface area contributed by atoms with E-state index in [1.54, 1.807) is 0 Å². The van der Waals surface area contributed by atoms with Crippen LogP contribution in [0.1, 0.15) is 17.5 Å². The van der Waals surface area contributed by atoms with Crippen LogP contribution in [0.25, 0.3) is 11.1 Å². The van der Waals surface area contributed by atoms with Crippen molar-refractivity contribution in [1.82, 2.24) is 4.98 Å². The molecule has 4 N–H and O–H groups in total. The molecule has 1 atom stereocenters. The van der Waals surface area contributed by atoms with Crippen molar-refractivity contribution >= 4 is 11.1 Å². The normalized spacial score (nSPS) is 19.7. The van der Waals surface area contributed by atoms with Gasteiger partial charge in [0.05, 0.1) is 13.2 Å². The van der Waals surface area contributed by atoms with E-state index in [0.29, 0.717) is 25.6 Å². The van der Waals surface area contributed by atoms with Gasteiger partial charge in [0.2, 0.25) is 0 Å². The third kappa shape index (κ3) is 1.63. The number of nitrogens with two attached hydrogens (primary N) is 2. The van der Waals surface area contributed by atoms with Crippen LogP contribution in [0, 0.1) is 12.3 Å². The zero-order chi connectivity index (χ0) is 12.8. The largest absolute Gasteiger partial charge is 0.441 e. The summed E-state index contributed by atoms with van der Waals surface area (Å²) in [7, 11) is 0. The molecule has 0 bridgehead atoms. The van der Waals surface area contributed by atoms with Gasteiger partial charge in [-0.25, -0.2) is 4.98 Å². The number of fused-ring (bicyclic) bond motifs is 1. The van der Waals surface area contributed by atoms with Gasteiger partial charge in [-0.05, 0) is 17.7 Å². The molecular weight excluding hydrogens is 230 g/mol. The van der Waals surface area contributed by atoms with Crippen LogP contribution in [-0.2, 0) is 4.74 Å². The molecular formula is C13H17N3O2. The summed E-state index contributed by atoms with van der Waals surface area (Å²) in [4.78, 5) is 4.27. The van der Waals surface area contributed by atoms with Gasteiger partial charge in [-0.2, -0.15) is 0 Å². The van der Waals surface area contributed by atoms with Crippen LogP contribution in [0.15, 0.2) is 22.6 Å². The highest BCUT2D eigenvalue weighted by Crippen LogP contribution is 2.38. The van der Waals surface area contributed by atoms with Crippen molar-refractivity contribution in [2.75, 3.05) is 19.8 Å². The molecule has 18 heavy (non-hydrogen) atoms. The van der Waals surface area contributed by atoms with Gasteiger partial charge in [-0.3, -0.25) is 0 Å². The average Bonchev–Trinajstić information content (AvgIpc) is 2.67. The summed E-state index contributed by atoms with van der Waals surface area (Å²) < 4.78 is 10.8. The minimum atomic E-state index is -0.136. The molecule has 1 aliphatic rings. The Labute approximate surface area is 105 Å². The number of ether oxygens (including phenoxy) is 1. The molecule has 1 fully saturated rings. The first-order chi connectivity index (χ1) is 8.64. The van der Waals surface area contributed by atoms with E-state index in [1.807, 2.05) is 25.1 Å². The summed E-state index contributed by atoms with van der Waals surface area (Å²) in [6, 6.07) is 5.75. The summed E-state index contributed by atoms with van der Waals surface area (Å²) in [5.74, 6) is 0.663. The topological polar surface area (TPSA) is 87.3 Å². The van der Waals surface area contributed by atoms with Gasteiger partial charge in [0.1, 0.15) is 5.52 Å². The maximum atomic E-state index is 6.32. The molecule has 5 nitrogen and oxygen atoms in total. The van der Waals surface area contributed by atoms with E-state index in [0.717, 1.165) is 16.7 Å². The van der Waals surface area contributed by atoms with Gasteiger partial charge in [0.15, 0.2) is 11.5 Å². The molecule has 1 aromatic heterocycles. The van der Waals surface area contributed by atoms with E-state index >= 15 is 0 Å². The minimum Gasteiger partial charge on any atom is -0.441 e. The zero-order valence-electron chi connectivity index (χ0n) is 10.3. The Balaban J connectivity index is 1.98. The van der Waals surface area contributed by atoms with Crippen LogP contribution in [0.3, 0.4) is 0 Å². The molecule has 0 amide bonds. The van der Waals surface area contributed by atoms with Crippen molar-refractivity contribution in [3.63, 3.8) is 0 Å². The van der Waals surface area contributed by atoms with Crippen molar-refractivity contribution in [3.05, 3.63) is 29.7 Å². The lowest BCUT2D eigenvalue weighted by molar-refractivity contribution is -0.121. The summed E-state index contributed by atoms with van der Waals surface area (Å²) in [5, 5.41) is 0. The Morgan fingerprint density at radius 3 is 2.83 bits per heavy atom. The second-order valence-electron chi connectivity index (χ2n) is 5.00. The van der Waals surface area contributed by atoms with Crippen LogP contribution >= 0.6 is 0 Å². The highest BCUT2D eigenvalue weighted by molar-refractivity contribution is 5.73. The molecule has 0 saturated carbocycles. The van der Waals surface area contributed by atoms with Crippen molar-refractivity contribution in [2.24, 2.45) is 16.9 Å². The molecule has 0 aliphatic carbocycles. The quantitative estimate of drug-likeness (QED) is 0.848. The zero-order valence-corrected chi connectivity index (χ0v) is 10.3. The number of rotatable bonds is 3. The van der Waals surface area contributed by atoms with Gasteiger partial charge < -0.3 is 20.6 Å². The molecule has 1 unspecified atom stereocenters. The first-order valence-corrected chi connectivity index (χ1v) is 6.05. The number of benzene rings is 1. The average molecular weight is 247 g/mol. The number of hydrogen-bond donors (Lipinski definition) is 2. The number of hydrogen-bond acceptors (Lipinski definition) is 5. The highest BCUT2D eigenvalue weighted by atomic mass is 16.5. The van der Waals surface area contributed by atoms with E-state index in [4.69, 9.17) is 20.6 Å². The van der Waals surface area contributed by atoms with Crippen molar-refractivity contribution < 1.29 is 9.15 Å².